The van der Waals surface area contributed by atoms with E-state index in [4.69, 9.17) is 0 Å². The topological polar surface area (TPSA) is 41.1 Å². The van der Waals surface area contributed by atoms with Gasteiger partial charge in [-0.1, -0.05) is 19.4 Å². The van der Waals surface area contributed by atoms with Crippen LogP contribution in [0.15, 0.2) is 18.2 Å². The van der Waals surface area contributed by atoms with E-state index >= 15 is 0 Å². The summed E-state index contributed by atoms with van der Waals surface area (Å²) < 4.78 is 0. The van der Waals surface area contributed by atoms with Gasteiger partial charge in [0.05, 0.1) is 0 Å². The summed E-state index contributed by atoms with van der Waals surface area (Å²) in [5, 5.41) is 6.27. The number of rotatable bonds is 5. The standard InChI is InChI=1S/C14H22N2O/c1-5-6-11(3)15-13-8-7-10(2)14(9-13)16-12(4)17/h7-9,11,15H,5-6H2,1-4H3,(H,16,17). The van der Waals surface area contributed by atoms with Crippen LogP contribution in [-0.2, 0) is 4.79 Å². The molecule has 1 atom stereocenters. The third kappa shape index (κ3) is 4.47. The third-order valence-electron chi connectivity index (χ3n) is 2.68. The van der Waals surface area contributed by atoms with Crippen LogP contribution in [0.4, 0.5) is 11.4 Å². The highest BCUT2D eigenvalue weighted by atomic mass is 16.1. The lowest BCUT2D eigenvalue weighted by Gasteiger charge is -2.16. The van der Waals surface area contributed by atoms with Crippen LogP contribution in [0.2, 0.25) is 0 Å². The normalized spacial score (nSPS) is 12.0. The fourth-order valence-corrected chi connectivity index (χ4v) is 1.83. The molecule has 0 saturated carbocycles. The van der Waals surface area contributed by atoms with E-state index < -0.39 is 0 Å². The summed E-state index contributed by atoms with van der Waals surface area (Å²) in [7, 11) is 0. The van der Waals surface area contributed by atoms with Gasteiger partial charge in [0.15, 0.2) is 0 Å². The van der Waals surface area contributed by atoms with Gasteiger partial charge in [0.25, 0.3) is 0 Å². The molecule has 3 nitrogen and oxygen atoms in total. The van der Waals surface area contributed by atoms with Crippen LogP contribution in [0.1, 0.15) is 39.2 Å². The zero-order valence-electron chi connectivity index (χ0n) is 11.1. The molecular formula is C14H22N2O. The van der Waals surface area contributed by atoms with Crippen molar-refractivity contribution in [2.24, 2.45) is 0 Å². The van der Waals surface area contributed by atoms with Crippen molar-refractivity contribution in [3.05, 3.63) is 23.8 Å². The summed E-state index contributed by atoms with van der Waals surface area (Å²) in [5.74, 6) is -0.0353. The lowest BCUT2D eigenvalue weighted by molar-refractivity contribution is -0.114. The Labute approximate surface area is 104 Å². The van der Waals surface area contributed by atoms with Gasteiger partial charge in [-0.3, -0.25) is 4.79 Å². The molecule has 0 bridgehead atoms. The maximum atomic E-state index is 11.1. The zero-order chi connectivity index (χ0) is 12.8. The van der Waals surface area contributed by atoms with Crippen LogP contribution < -0.4 is 10.6 Å². The molecule has 17 heavy (non-hydrogen) atoms. The summed E-state index contributed by atoms with van der Waals surface area (Å²) in [6.45, 7) is 7.86. The quantitative estimate of drug-likeness (QED) is 0.818. The number of amides is 1. The molecule has 1 rings (SSSR count). The Balaban J connectivity index is 2.77. The molecule has 0 aromatic heterocycles. The monoisotopic (exact) mass is 234 g/mol. The van der Waals surface area contributed by atoms with Gasteiger partial charge < -0.3 is 10.6 Å². The van der Waals surface area contributed by atoms with Crippen LogP contribution in [0, 0.1) is 6.92 Å². The van der Waals surface area contributed by atoms with Crippen molar-refractivity contribution in [2.75, 3.05) is 10.6 Å². The van der Waals surface area contributed by atoms with Crippen molar-refractivity contribution in [1.82, 2.24) is 0 Å². The average molecular weight is 234 g/mol. The van der Waals surface area contributed by atoms with E-state index in [1.54, 1.807) is 0 Å². The number of nitrogens with one attached hydrogen (secondary N) is 2. The largest absolute Gasteiger partial charge is 0.383 e. The van der Waals surface area contributed by atoms with E-state index in [1.165, 1.54) is 13.3 Å². The van der Waals surface area contributed by atoms with Gasteiger partial charge >= 0.3 is 0 Å². The first-order valence-electron chi connectivity index (χ1n) is 6.17. The van der Waals surface area contributed by atoms with Crippen LogP contribution in [0.5, 0.6) is 0 Å². The maximum Gasteiger partial charge on any atom is 0.221 e. The predicted molar refractivity (Wildman–Crippen MR) is 73.5 cm³/mol. The summed E-state index contributed by atoms with van der Waals surface area (Å²) in [4.78, 5) is 11.1. The van der Waals surface area contributed by atoms with Crippen molar-refractivity contribution in [3.63, 3.8) is 0 Å². The fourth-order valence-electron chi connectivity index (χ4n) is 1.83. The van der Waals surface area contributed by atoms with Gasteiger partial charge in [-0.2, -0.15) is 0 Å². The van der Waals surface area contributed by atoms with Gasteiger partial charge in [-0.25, -0.2) is 0 Å². The number of carbonyl (C=O) groups is 1. The van der Waals surface area contributed by atoms with E-state index in [1.807, 2.05) is 25.1 Å². The Morgan fingerprint density at radius 1 is 1.41 bits per heavy atom. The summed E-state index contributed by atoms with van der Waals surface area (Å²) in [6.07, 6.45) is 2.31. The van der Waals surface area contributed by atoms with Crippen LogP contribution in [0.25, 0.3) is 0 Å². The second-order valence-corrected chi connectivity index (χ2v) is 4.54. The molecule has 0 radical (unpaired) electrons. The van der Waals surface area contributed by atoms with Gasteiger partial charge in [0, 0.05) is 24.3 Å². The second-order valence-electron chi connectivity index (χ2n) is 4.54. The molecule has 1 amide bonds. The fraction of sp³-hybridized carbons (Fsp3) is 0.500. The molecule has 1 unspecified atom stereocenters. The number of hydrogen-bond donors (Lipinski definition) is 2. The lowest BCUT2D eigenvalue weighted by Crippen LogP contribution is -2.15. The Hall–Kier alpha value is -1.51. The summed E-state index contributed by atoms with van der Waals surface area (Å²) in [5.41, 5.74) is 3.01. The molecule has 3 heteroatoms. The minimum atomic E-state index is -0.0353. The van der Waals surface area contributed by atoms with Crippen molar-refractivity contribution in [1.29, 1.82) is 0 Å². The van der Waals surface area contributed by atoms with Gasteiger partial charge in [0.2, 0.25) is 5.91 Å². The average Bonchev–Trinajstić information content (AvgIpc) is 2.22. The van der Waals surface area contributed by atoms with E-state index in [9.17, 15) is 4.79 Å². The molecular weight excluding hydrogens is 212 g/mol. The molecule has 0 aliphatic rings. The Morgan fingerprint density at radius 3 is 2.71 bits per heavy atom. The minimum Gasteiger partial charge on any atom is -0.383 e. The molecule has 0 aliphatic heterocycles. The lowest BCUT2D eigenvalue weighted by atomic mass is 10.1. The SMILES string of the molecule is CCCC(C)Nc1ccc(C)c(NC(C)=O)c1. The Kier molecular flexibility index (Phi) is 5.01. The number of aryl methyl sites for hydroxylation is 1. The van der Waals surface area contributed by atoms with E-state index in [2.05, 4.69) is 24.5 Å². The van der Waals surface area contributed by atoms with E-state index in [-0.39, 0.29) is 5.91 Å². The Morgan fingerprint density at radius 2 is 2.12 bits per heavy atom. The smallest absolute Gasteiger partial charge is 0.221 e. The number of hydrogen-bond acceptors (Lipinski definition) is 2. The molecule has 0 saturated heterocycles. The van der Waals surface area contributed by atoms with E-state index in [0.29, 0.717) is 6.04 Å². The molecule has 94 valence electrons. The van der Waals surface area contributed by atoms with E-state index in [0.717, 1.165) is 23.4 Å². The van der Waals surface area contributed by atoms with Crippen LogP contribution in [-0.4, -0.2) is 11.9 Å². The van der Waals surface area contributed by atoms with Crippen molar-refractivity contribution >= 4 is 17.3 Å². The molecule has 1 aromatic rings. The minimum absolute atomic E-state index is 0.0353. The first-order valence-corrected chi connectivity index (χ1v) is 6.17. The Bertz CT molecular complexity index is 388. The third-order valence-corrected chi connectivity index (χ3v) is 2.68. The highest BCUT2D eigenvalue weighted by Gasteiger charge is 2.04. The maximum absolute atomic E-state index is 11.1. The predicted octanol–water partition coefficient (Wildman–Crippen LogP) is 3.55. The van der Waals surface area contributed by atoms with Crippen LogP contribution >= 0.6 is 0 Å². The first kappa shape index (κ1) is 13.6. The highest BCUT2D eigenvalue weighted by Crippen LogP contribution is 2.21. The second kappa shape index (κ2) is 6.28. The summed E-state index contributed by atoms with van der Waals surface area (Å²) >= 11 is 0. The van der Waals surface area contributed by atoms with Crippen LogP contribution in [0.3, 0.4) is 0 Å². The van der Waals surface area contributed by atoms with Gasteiger partial charge in [-0.15, -0.1) is 0 Å². The molecule has 0 aliphatic carbocycles. The number of anilines is 2. The first-order chi connectivity index (χ1) is 8.02. The molecule has 2 N–H and O–H groups in total. The molecule has 1 aromatic carbocycles. The zero-order valence-corrected chi connectivity index (χ0v) is 11.1. The summed E-state index contributed by atoms with van der Waals surface area (Å²) in [6, 6.07) is 6.51. The van der Waals surface area contributed by atoms with Crippen molar-refractivity contribution in [3.8, 4) is 0 Å². The number of benzene rings is 1. The molecule has 0 heterocycles. The molecule has 0 fully saturated rings. The van der Waals surface area contributed by atoms with Gasteiger partial charge in [0.1, 0.15) is 0 Å². The van der Waals surface area contributed by atoms with Crippen molar-refractivity contribution in [2.45, 2.75) is 46.6 Å². The molecule has 0 spiro atoms. The number of carbonyl (C=O) groups excluding carboxylic acids is 1. The highest BCUT2D eigenvalue weighted by molar-refractivity contribution is 5.90. The van der Waals surface area contributed by atoms with Crippen molar-refractivity contribution < 1.29 is 4.79 Å². The van der Waals surface area contributed by atoms with Gasteiger partial charge in [-0.05, 0) is 38.0 Å².